The van der Waals surface area contributed by atoms with Gasteiger partial charge in [0.1, 0.15) is 6.61 Å². The summed E-state index contributed by atoms with van der Waals surface area (Å²) in [4.78, 5) is 0. The third-order valence-corrected chi connectivity index (χ3v) is 2.69. The molecule has 1 aliphatic carbocycles. The minimum absolute atomic E-state index is 0.337. The largest absolute Gasteiger partial charge is 0.411 e. The van der Waals surface area contributed by atoms with E-state index >= 15 is 0 Å². The highest BCUT2D eigenvalue weighted by Crippen LogP contribution is 2.39. The average molecular weight is 212 g/mol. The predicted octanol–water partition coefficient (Wildman–Crippen LogP) is 2.11. The van der Waals surface area contributed by atoms with Crippen molar-refractivity contribution < 1.29 is 23.0 Å². The van der Waals surface area contributed by atoms with Crippen LogP contribution in [0.1, 0.15) is 26.7 Å². The fourth-order valence-corrected chi connectivity index (χ4v) is 1.70. The summed E-state index contributed by atoms with van der Waals surface area (Å²) in [5.74, 6) is 0. The van der Waals surface area contributed by atoms with Crippen LogP contribution in [0, 0.1) is 5.41 Å². The van der Waals surface area contributed by atoms with Crippen LogP contribution in [0.5, 0.6) is 0 Å². The zero-order valence-electron chi connectivity index (χ0n) is 8.27. The van der Waals surface area contributed by atoms with Crippen molar-refractivity contribution in [3.8, 4) is 0 Å². The SMILES string of the molecule is CC1(C)CCC(OCC(F)(F)F)C1O. The first kappa shape index (κ1) is 11.8. The molecule has 2 nitrogen and oxygen atoms in total. The van der Waals surface area contributed by atoms with E-state index in [4.69, 9.17) is 0 Å². The summed E-state index contributed by atoms with van der Waals surface area (Å²) in [5, 5.41) is 9.62. The van der Waals surface area contributed by atoms with Crippen LogP contribution < -0.4 is 0 Å². The highest BCUT2D eigenvalue weighted by molar-refractivity contribution is 4.92. The molecule has 0 saturated heterocycles. The second-order valence-corrected chi connectivity index (χ2v) is 4.44. The first-order chi connectivity index (χ1) is 6.22. The van der Waals surface area contributed by atoms with E-state index in [1.165, 1.54) is 0 Å². The average Bonchev–Trinajstić information content (AvgIpc) is 2.24. The van der Waals surface area contributed by atoms with Crippen LogP contribution in [0.3, 0.4) is 0 Å². The first-order valence-electron chi connectivity index (χ1n) is 4.59. The Labute approximate surface area is 81.1 Å². The Morgan fingerprint density at radius 3 is 2.36 bits per heavy atom. The van der Waals surface area contributed by atoms with Gasteiger partial charge in [0, 0.05) is 0 Å². The molecule has 0 aromatic carbocycles. The van der Waals surface area contributed by atoms with E-state index in [1.54, 1.807) is 0 Å². The molecular formula is C9H15F3O2. The van der Waals surface area contributed by atoms with Crippen molar-refractivity contribution in [2.75, 3.05) is 6.61 Å². The fraction of sp³-hybridized carbons (Fsp3) is 1.00. The monoisotopic (exact) mass is 212 g/mol. The molecule has 1 N–H and O–H groups in total. The number of rotatable bonds is 2. The summed E-state index contributed by atoms with van der Waals surface area (Å²) in [5.41, 5.74) is -0.337. The van der Waals surface area contributed by atoms with Gasteiger partial charge in [0.25, 0.3) is 0 Å². The number of alkyl halides is 3. The van der Waals surface area contributed by atoms with Gasteiger partial charge in [-0.15, -0.1) is 0 Å². The Bertz CT molecular complexity index is 201. The number of ether oxygens (including phenoxy) is 1. The Hall–Kier alpha value is -0.290. The maximum atomic E-state index is 11.8. The van der Waals surface area contributed by atoms with E-state index in [-0.39, 0.29) is 5.41 Å². The van der Waals surface area contributed by atoms with Gasteiger partial charge in [0.15, 0.2) is 0 Å². The van der Waals surface area contributed by atoms with Crippen LogP contribution in [0.25, 0.3) is 0 Å². The van der Waals surface area contributed by atoms with E-state index in [1.807, 2.05) is 13.8 Å². The lowest BCUT2D eigenvalue weighted by atomic mass is 9.89. The van der Waals surface area contributed by atoms with Gasteiger partial charge in [0.05, 0.1) is 12.2 Å². The summed E-state index contributed by atoms with van der Waals surface area (Å²) >= 11 is 0. The molecule has 1 saturated carbocycles. The van der Waals surface area contributed by atoms with Gasteiger partial charge >= 0.3 is 6.18 Å². The molecule has 0 heterocycles. The van der Waals surface area contributed by atoms with Crippen LogP contribution in [-0.4, -0.2) is 30.1 Å². The lowest BCUT2D eigenvalue weighted by Gasteiger charge is -2.25. The van der Waals surface area contributed by atoms with Gasteiger partial charge in [-0.05, 0) is 18.3 Å². The maximum absolute atomic E-state index is 11.8. The third-order valence-electron chi connectivity index (χ3n) is 2.69. The zero-order valence-corrected chi connectivity index (χ0v) is 8.27. The molecule has 0 radical (unpaired) electrons. The lowest BCUT2D eigenvalue weighted by Crippen LogP contribution is -2.35. The zero-order chi connectivity index (χ0) is 11.0. The molecule has 1 aliphatic rings. The van der Waals surface area contributed by atoms with Crippen molar-refractivity contribution in [2.24, 2.45) is 5.41 Å². The number of hydrogen-bond acceptors (Lipinski definition) is 2. The molecule has 5 heteroatoms. The van der Waals surface area contributed by atoms with E-state index < -0.39 is 25.0 Å². The van der Waals surface area contributed by atoms with Crippen molar-refractivity contribution in [3.63, 3.8) is 0 Å². The molecule has 0 bridgehead atoms. The molecule has 0 aromatic rings. The lowest BCUT2D eigenvalue weighted by molar-refractivity contribution is -0.194. The van der Waals surface area contributed by atoms with E-state index in [2.05, 4.69) is 4.74 Å². The highest BCUT2D eigenvalue weighted by Gasteiger charge is 2.43. The standard InChI is InChI=1S/C9H15F3O2/c1-8(2)4-3-6(7(8)13)14-5-9(10,11)12/h6-7,13H,3-5H2,1-2H3. The normalized spacial score (nSPS) is 32.1. The van der Waals surface area contributed by atoms with Crippen LogP contribution >= 0.6 is 0 Å². The first-order valence-corrected chi connectivity index (χ1v) is 4.59. The number of halogens is 3. The molecule has 0 aromatic heterocycles. The van der Waals surface area contributed by atoms with Gasteiger partial charge in [0.2, 0.25) is 0 Å². The van der Waals surface area contributed by atoms with Crippen LogP contribution in [0.15, 0.2) is 0 Å². The Kier molecular flexibility index (Phi) is 3.11. The number of aliphatic hydroxyl groups excluding tert-OH is 1. The smallest absolute Gasteiger partial charge is 0.390 e. The summed E-state index contributed by atoms with van der Waals surface area (Å²) in [6.07, 6.45) is -4.61. The van der Waals surface area contributed by atoms with Crippen LogP contribution in [0.2, 0.25) is 0 Å². The van der Waals surface area contributed by atoms with Crippen LogP contribution in [0.4, 0.5) is 13.2 Å². The van der Waals surface area contributed by atoms with Gasteiger partial charge < -0.3 is 9.84 Å². The maximum Gasteiger partial charge on any atom is 0.411 e. The van der Waals surface area contributed by atoms with E-state index in [0.717, 1.165) is 0 Å². The Morgan fingerprint density at radius 1 is 1.43 bits per heavy atom. The van der Waals surface area contributed by atoms with Gasteiger partial charge in [-0.3, -0.25) is 0 Å². The molecule has 1 rings (SSSR count). The molecule has 14 heavy (non-hydrogen) atoms. The molecule has 2 unspecified atom stereocenters. The minimum atomic E-state index is -4.31. The second-order valence-electron chi connectivity index (χ2n) is 4.44. The third kappa shape index (κ3) is 2.85. The Morgan fingerprint density at radius 2 is 2.00 bits per heavy atom. The second kappa shape index (κ2) is 3.70. The molecule has 0 spiro atoms. The van der Waals surface area contributed by atoms with Crippen molar-refractivity contribution in [1.29, 1.82) is 0 Å². The molecule has 0 aliphatic heterocycles. The van der Waals surface area contributed by atoms with E-state index in [0.29, 0.717) is 12.8 Å². The highest BCUT2D eigenvalue weighted by atomic mass is 19.4. The predicted molar refractivity (Wildman–Crippen MR) is 44.8 cm³/mol. The molecule has 0 amide bonds. The molecular weight excluding hydrogens is 197 g/mol. The summed E-state index contributed by atoms with van der Waals surface area (Å²) in [7, 11) is 0. The number of hydrogen-bond donors (Lipinski definition) is 1. The number of aliphatic hydroxyl groups is 1. The van der Waals surface area contributed by atoms with Gasteiger partial charge in [-0.25, -0.2) is 0 Å². The minimum Gasteiger partial charge on any atom is -0.390 e. The van der Waals surface area contributed by atoms with E-state index in [9.17, 15) is 18.3 Å². The summed E-state index contributed by atoms with van der Waals surface area (Å²) < 4.78 is 40.1. The quantitative estimate of drug-likeness (QED) is 0.759. The summed E-state index contributed by atoms with van der Waals surface area (Å²) in [6, 6.07) is 0. The summed E-state index contributed by atoms with van der Waals surface area (Å²) in [6.45, 7) is 2.38. The van der Waals surface area contributed by atoms with Crippen molar-refractivity contribution in [2.45, 2.75) is 45.1 Å². The van der Waals surface area contributed by atoms with Crippen molar-refractivity contribution >= 4 is 0 Å². The Balaban J connectivity index is 2.41. The molecule has 1 fully saturated rings. The molecule has 84 valence electrons. The van der Waals surface area contributed by atoms with Gasteiger partial charge in [-0.1, -0.05) is 13.8 Å². The van der Waals surface area contributed by atoms with Gasteiger partial charge in [-0.2, -0.15) is 13.2 Å². The van der Waals surface area contributed by atoms with Crippen LogP contribution in [-0.2, 0) is 4.74 Å². The fourth-order valence-electron chi connectivity index (χ4n) is 1.70. The van der Waals surface area contributed by atoms with Crippen molar-refractivity contribution in [3.05, 3.63) is 0 Å². The van der Waals surface area contributed by atoms with Crippen molar-refractivity contribution in [1.82, 2.24) is 0 Å². The molecule has 2 atom stereocenters. The topological polar surface area (TPSA) is 29.5 Å².